The lowest BCUT2D eigenvalue weighted by Crippen LogP contribution is -2.39. The number of carbonyl (C=O) groups is 2. The first-order chi connectivity index (χ1) is 10.1. The van der Waals surface area contributed by atoms with E-state index in [0.717, 1.165) is 6.07 Å². The van der Waals surface area contributed by atoms with Crippen LogP contribution in [0, 0.1) is 0 Å². The van der Waals surface area contributed by atoms with E-state index >= 15 is 0 Å². The predicted molar refractivity (Wildman–Crippen MR) is 80.0 cm³/mol. The molecule has 0 heterocycles. The zero-order valence-electron chi connectivity index (χ0n) is 12.5. The monoisotopic (exact) mass is 329 g/mol. The number of hydrogen-bond donors (Lipinski definition) is 3. The van der Waals surface area contributed by atoms with Gasteiger partial charge in [-0.25, -0.2) is 13.6 Å². The number of methoxy groups -OCH3 is 1. The third-order valence-corrected chi connectivity index (χ3v) is 3.51. The van der Waals surface area contributed by atoms with Gasteiger partial charge in [0.2, 0.25) is 15.9 Å². The third-order valence-electron chi connectivity index (χ3n) is 2.60. The number of nitrogens with one attached hydrogen (secondary N) is 2. The van der Waals surface area contributed by atoms with Crippen molar-refractivity contribution in [2.24, 2.45) is 5.14 Å². The first kappa shape index (κ1) is 17.9. The Balaban J connectivity index is 2.94. The third kappa shape index (κ3) is 5.01. The number of benzene rings is 1. The number of primary sulfonamides is 1. The molecule has 0 unspecified atom stereocenters. The fourth-order valence-corrected chi connectivity index (χ4v) is 2.21. The molecule has 0 atom stereocenters. The molecule has 8 nitrogen and oxygen atoms in total. The predicted octanol–water partition coefficient (Wildman–Crippen LogP) is -0.403. The Labute approximate surface area is 129 Å². The number of hydrogen-bond acceptors (Lipinski definition) is 5. The largest absolute Gasteiger partial charge is 0.496 e. The van der Waals surface area contributed by atoms with Crippen LogP contribution in [0.1, 0.15) is 24.2 Å². The molecule has 1 aromatic rings. The van der Waals surface area contributed by atoms with Crippen molar-refractivity contribution >= 4 is 21.8 Å². The van der Waals surface area contributed by atoms with E-state index in [4.69, 9.17) is 9.88 Å². The zero-order valence-corrected chi connectivity index (χ0v) is 13.4. The molecule has 0 radical (unpaired) electrons. The summed E-state index contributed by atoms with van der Waals surface area (Å²) in [6.45, 7) is 3.34. The lowest BCUT2D eigenvalue weighted by Gasteiger charge is -2.12. The molecule has 9 heteroatoms. The Morgan fingerprint density at radius 1 is 1.32 bits per heavy atom. The number of carbonyl (C=O) groups excluding carboxylic acids is 2. The highest BCUT2D eigenvalue weighted by Gasteiger charge is 2.18. The summed E-state index contributed by atoms with van der Waals surface area (Å²) in [6.07, 6.45) is 0. The highest BCUT2D eigenvalue weighted by atomic mass is 32.2. The van der Waals surface area contributed by atoms with Crippen molar-refractivity contribution in [2.75, 3.05) is 13.7 Å². The quantitative estimate of drug-likeness (QED) is 0.654. The van der Waals surface area contributed by atoms with E-state index in [1.807, 2.05) is 0 Å². The van der Waals surface area contributed by atoms with E-state index in [1.54, 1.807) is 13.8 Å². The van der Waals surface area contributed by atoms with Crippen molar-refractivity contribution in [1.29, 1.82) is 0 Å². The van der Waals surface area contributed by atoms with Gasteiger partial charge in [-0.3, -0.25) is 9.59 Å². The summed E-state index contributed by atoms with van der Waals surface area (Å²) in [5, 5.41) is 10.0. The molecule has 1 rings (SSSR count). The molecule has 2 amide bonds. The summed E-state index contributed by atoms with van der Waals surface area (Å²) in [6, 6.07) is 3.60. The van der Waals surface area contributed by atoms with Crippen LogP contribution in [0.3, 0.4) is 0 Å². The first-order valence-electron chi connectivity index (χ1n) is 6.43. The summed E-state index contributed by atoms with van der Waals surface area (Å²) in [5.74, 6) is -0.819. The Hall–Kier alpha value is -2.13. The smallest absolute Gasteiger partial charge is 0.255 e. The van der Waals surface area contributed by atoms with Crippen LogP contribution >= 0.6 is 0 Å². The van der Waals surface area contributed by atoms with Gasteiger partial charge in [-0.1, -0.05) is 0 Å². The van der Waals surface area contributed by atoms with Crippen LogP contribution in [0.15, 0.2) is 23.1 Å². The number of sulfonamides is 1. The fraction of sp³-hybridized carbons (Fsp3) is 0.385. The molecule has 0 aliphatic rings. The van der Waals surface area contributed by atoms with Crippen molar-refractivity contribution in [1.82, 2.24) is 10.6 Å². The van der Waals surface area contributed by atoms with Gasteiger partial charge in [0.1, 0.15) is 5.75 Å². The molecular weight excluding hydrogens is 310 g/mol. The molecule has 122 valence electrons. The van der Waals surface area contributed by atoms with E-state index in [-0.39, 0.29) is 34.7 Å². The molecule has 1 aromatic carbocycles. The molecule has 0 fully saturated rings. The van der Waals surface area contributed by atoms with E-state index in [9.17, 15) is 18.0 Å². The molecule has 22 heavy (non-hydrogen) atoms. The van der Waals surface area contributed by atoms with Crippen LogP contribution in [0.4, 0.5) is 0 Å². The van der Waals surface area contributed by atoms with Gasteiger partial charge in [-0.05, 0) is 32.0 Å². The van der Waals surface area contributed by atoms with E-state index in [2.05, 4.69) is 10.6 Å². The van der Waals surface area contributed by atoms with Crippen LogP contribution < -0.4 is 20.5 Å². The molecular formula is C13H19N3O5S. The maximum absolute atomic E-state index is 12.1. The maximum atomic E-state index is 12.1. The van der Waals surface area contributed by atoms with Gasteiger partial charge in [0, 0.05) is 6.04 Å². The Morgan fingerprint density at radius 3 is 2.45 bits per heavy atom. The van der Waals surface area contributed by atoms with Crippen LogP contribution in [-0.4, -0.2) is 39.9 Å². The van der Waals surface area contributed by atoms with Gasteiger partial charge in [-0.2, -0.15) is 0 Å². The highest BCUT2D eigenvalue weighted by molar-refractivity contribution is 7.89. The molecule has 0 aliphatic heterocycles. The zero-order chi connectivity index (χ0) is 16.9. The van der Waals surface area contributed by atoms with Crippen molar-refractivity contribution in [3.8, 4) is 5.75 Å². The van der Waals surface area contributed by atoms with Crippen molar-refractivity contribution in [3.63, 3.8) is 0 Å². The summed E-state index contributed by atoms with van der Waals surface area (Å²) in [7, 11) is -2.60. The summed E-state index contributed by atoms with van der Waals surface area (Å²) >= 11 is 0. The SMILES string of the molecule is COc1ccc(S(N)(=O)=O)cc1C(=O)NCC(=O)NC(C)C. The van der Waals surface area contributed by atoms with Gasteiger partial charge < -0.3 is 15.4 Å². The molecule has 0 bridgehead atoms. The van der Waals surface area contributed by atoms with E-state index in [1.165, 1.54) is 19.2 Å². The number of ether oxygens (including phenoxy) is 1. The summed E-state index contributed by atoms with van der Waals surface area (Å²) in [4.78, 5) is 23.4. The minimum Gasteiger partial charge on any atom is -0.496 e. The maximum Gasteiger partial charge on any atom is 0.255 e. The topological polar surface area (TPSA) is 128 Å². The average molecular weight is 329 g/mol. The summed E-state index contributed by atoms with van der Waals surface area (Å²) < 4.78 is 27.7. The standard InChI is InChI=1S/C13H19N3O5S/c1-8(2)16-12(17)7-15-13(18)10-6-9(22(14,19)20)4-5-11(10)21-3/h4-6,8H,7H2,1-3H3,(H,15,18)(H,16,17)(H2,14,19,20). The van der Waals surface area contributed by atoms with Crippen LogP contribution in [0.2, 0.25) is 0 Å². The van der Waals surface area contributed by atoms with E-state index < -0.39 is 15.9 Å². The first-order valence-corrected chi connectivity index (χ1v) is 7.98. The number of nitrogens with two attached hydrogens (primary N) is 1. The van der Waals surface area contributed by atoms with Gasteiger partial charge in [-0.15, -0.1) is 0 Å². The molecule has 0 aromatic heterocycles. The molecule has 0 spiro atoms. The van der Waals surface area contributed by atoms with Crippen molar-refractivity contribution in [2.45, 2.75) is 24.8 Å². The second kappa shape index (κ2) is 7.23. The molecule has 4 N–H and O–H groups in total. The number of rotatable bonds is 6. The number of amides is 2. The molecule has 0 aliphatic carbocycles. The van der Waals surface area contributed by atoms with Crippen molar-refractivity contribution < 1.29 is 22.7 Å². The molecule has 0 saturated heterocycles. The molecule has 0 saturated carbocycles. The second-order valence-corrected chi connectivity index (χ2v) is 6.37. The van der Waals surface area contributed by atoms with Crippen LogP contribution in [-0.2, 0) is 14.8 Å². The van der Waals surface area contributed by atoms with Gasteiger partial charge in [0.15, 0.2) is 0 Å². The highest BCUT2D eigenvalue weighted by Crippen LogP contribution is 2.21. The van der Waals surface area contributed by atoms with Crippen LogP contribution in [0.5, 0.6) is 5.75 Å². The van der Waals surface area contributed by atoms with E-state index in [0.29, 0.717) is 0 Å². The van der Waals surface area contributed by atoms with Gasteiger partial charge in [0.05, 0.1) is 24.1 Å². The lowest BCUT2D eigenvalue weighted by atomic mass is 10.2. The van der Waals surface area contributed by atoms with Gasteiger partial charge >= 0.3 is 0 Å². The minimum absolute atomic E-state index is 0.0219. The van der Waals surface area contributed by atoms with Crippen molar-refractivity contribution in [3.05, 3.63) is 23.8 Å². The Kier molecular flexibility index (Phi) is 5.89. The van der Waals surface area contributed by atoms with Gasteiger partial charge in [0.25, 0.3) is 5.91 Å². The normalized spacial score (nSPS) is 11.1. The average Bonchev–Trinajstić information content (AvgIpc) is 2.42. The second-order valence-electron chi connectivity index (χ2n) is 4.81. The Bertz CT molecular complexity index is 670. The lowest BCUT2D eigenvalue weighted by molar-refractivity contribution is -0.120. The fourth-order valence-electron chi connectivity index (χ4n) is 1.67. The summed E-state index contributed by atoms with van der Waals surface area (Å²) in [5.41, 5.74) is -0.0219. The van der Waals surface area contributed by atoms with Crippen LogP contribution in [0.25, 0.3) is 0 Å². The minimum atomic E-state index is -3.95. The Morgan fingerprint density at radius 2 is 1.95 bits per heavy atom.